The third kappa shape index (κ3) is 1.06. The molecule has 10 heavy (non-hydrogen) atoms. The Morgan fingerprint density at radius 3 is 2.80 bits per heavy atom. The minimum Gasteiger partial charge on any atom is -0.368 e. The van der Waals surface area contributed by atoms with E-state index in [-0.39, 0.29) is 0 Å². The van der Waals surface area contributed by atoms with Crippen molar-refractivity contribution in [2.24, 2.45) is 0 Å². The Morgan fingerprint density at radius 1 is 1.40 bits per heavy atom. The molecule has 0 radical (unpaired) electrons. The first-order valence-corrected chi connectivity index (χ1v) is 4.17. The van der Waals surface area contributed by atoms with Crippen LogP contribution >= 0.6 is 0 Å². The number of hydrogen-bond donors (Lipinski definition) is 0. The summed E-state index contributed by atoms with van der Waals surface area (Å²) in [6.07, 6.45) is 2.48. The summed E-state index contributed by atoms with van der Waals surface area (Å²) < 4.78 is 5.42. The lowest BCUT2D eigenvalue weighted by Gasteiger charge is -2.27. The molecule has 0 aromatic heterocycles. The predicted molar refractivity (Wildman–Crippen MR) is 40.0 cm³/mol. The molecule has 2 saturated heterocycles. The molecule has 2 unspecified atom stereocenters. The third-order valence-electron chi connectivity index (χ3n) is 2.53. The van der Waals surface area contributed by atoms with E-state index >= 15 is 0 Å². The maximum absolute atomic E-state index is 5.42. The third-order valence-corrected chi connectivity index (χ3v) is 2.53. The number of fused-ring (bicyclic) bond motifs is 1. The molecule has 0 aromatic carbocycles. The second-order valence-electron chi connectivity index (χ2n) is 3.59. The topological polar surface area (TPSA) is 15.8 Å². The molecule has 2 rings (SSSR count). The average Bonchev–Trinajstić information content (AvgIpc) is 2.63. The highest BCUT2D eigenvalue weighted by molar-refractivity contribution is 4.93. The summed E-state index contributed by atoms with van der Waals surface area (Å²) in [5, 5.41) is 0. The number of hydrogen-bond acceptors (Lipinski definition) is 2. The number of ether oxygens (including phenoxy) is 1. The number of likely N-dealkylation sites (tertiary alicyclic amines) is 1. The normalized spacial score (nSPS) is 39.9. The molecular weight excluding hydrogens is 126 g/mol. The van der Waals surface area contributed by atoms with E-state index in [2.05, 4.69) is 18.7 Å². The van der Waals surface area contributed by atoms with Gasteiger partial charge in [0.05, 0.1) is 12.2 Å². The van der Waals surface area contributed by atoms with E-state index in [1.807, 2.05) is 0 Å². The molecule has 2 fully saturated rings. The number of rotatable bonds is 1. The molecule has 0 amide bonds. The minimum absolute atomic E-state index is 0.594. The first kappa shape index (κ1) is 6.62. The Hall–Kier alpha value is -0.0800. The summed E-state index contributed by atoms with van der Waals surface area (Å²) in [6.45, 7) is 6.91. The van der Waals surface area contributed by atoms with Gasteiger partial charge in [-0.2, -0.15) is 0 Å². The van der Waals surface area contributed by atoms with Gasteiger partial charge in [0.25, 0.3) is 0 Å². The van der Waals surface area contributed by atoms with Gasteiger partial charge in [-0.1, -0.05) is 0 Å². The Labute approximate surface area is 62.2 Å². The average molecular weight is 141 g/mol. The Bertz CT molecular complexity index is 135. The molecule has 2 atom stereocenters. The van der Waals surface area contributed by atoms with Gasteiger partial charge in [-0.25, -0.2) is 0 Å². The molecule has 0 aliphatic carbocycles. The molecule has 0 N–H and O–H groups in total. The summed E-state index contributed by atoms with van der Waals surface area (Å²) in [5.74, 6) is 0. The van der Waals surface area contributed by atoms with Crippen LogP contribution in [0, 0.1) is 0 Å². The van der Waals surface area contributed by atoms with Crippen LogP contribution in [0.5, 0.6) is 0 Å². The van der Waals surface area contributed by atoms with Gasteiger partial charge in [-0.3, -0.25) is 4.90 Å². The number of nitrogens with zero attached hydrogens (tertiary/aromatic N) is 1. The van der Waals surface area contributed by atoms with Gasteiger partial charge in [0.15, 0.2) is 0 Å². The van der Waals surface area contributed by atoms with Gasteiger partial charge in [-0.05, 0) is 20.3 Å². The van der Waals surface area contributed by atoms with Gasteiger partial charge in [0.1, 0.15) is 0 Å². The first-order chi connectivity index (χ1) is 4.77. The van der Waals surface area contributed by atoms with Crippen molar-refractivity contribution in [2.45, 2.75) is 38.5 Å². The Morgan fingerprint density at radius 2 is 2.20 bits per heavy atom. The van der Waals surface area contributed by atoms with Gasteiger partial charge < -0.3 is 4.74 Å². The molecule has 2 aliphatic heterocycles. The van der Waals surface area contributed by atoms with E-state index in [0.717, 1.165) is 0 Å². The number of epoxide rings is 1. The van der Waals surface area contributed by atoms with Crippen molar-refractivity contribution in [3.05, 3.63) is 0 Å². The van der Waals surface area contributed by atoms with Crippen molar-refractivity contribution in [1.82, 2.24) is 4.90 Å². The smallest absolute Gasteiger partial charge is 0.0968 e. The molecule has 0 aromatic rings. The van der Waals surface area contributed by atoms with E-state index in [1.165, 1.54) is 19.5 Å². The summed E-state index contributed by atoms with van der Waals surface area (Å²) in [6, 6.07) is 0.699. The Balaban J connectivity index is 1.88. The van der Waals surface area contributed by atoms with Crippen LogP contribution in [0.2, 0.25) is 0 Å². The van der Waals surface area contributed by atoms with Crippen molar-refractivity contribution in [1.29, 1.82) is 0 Å². The highest BCUT2D eigenvalue weighted by Gasteiger charge is 2.43. The predicted octanol–water partition coefficient (Wildman–Crippen LogP) is 0.868. The van der Waals surface area contributed by atoms with E-state index in [0.29, 0.717) is 18.2 Å². The molecular formula is C8H15NO. The molecule has 2 aliphatic rings. The van der Waals surface area contributed by atoms with Crippen LogP contribution in [-0.4, -0.2) is 36.2 Å². The van der Waals surface area contributed by atoms with Crippen LogP contribution in [0.1, 0.15) is 20.3 Å². The molecule has 2 heterocycles. The zero-order chi connectivity index (χ0) is 7.14. The minimum atomic E-state index is 0.594. The second kappa shape index (κ2) is 2.21. The molecule has 2 nitrogen and oxygen atoms in total. The van der Waals surface area contributed by atoms with Crippen LogP contribution in [0.25, 0.3) is 0 Å². The van der Waals surface area contributed by atoms with E-state index in [9.17, 15) is 0 Å². The van der Waals surface area contributed by atoms with E-state index in [4.69, 9.17) is 4.74 Å². The van der Waals surface area contributed by atoms with Crippen LogP contribution in [0.15, 0.2) is 0 Å². The zero-order valence-corrected chi connectivity index (χ0v) is 6.71. The first-order valence-electron chi connectivity index (χ1n) is 4.17. The lowest BCUT2D eigenvalue weighted by molar-refractivity contribution is 0.199. The number of piperidine rings is 1. The zero-order valence-electron chi connectivity index (χ0n) is 6.71. The van der Waals surface area contributed by atoms with Crippen LogP contribution in [0.4, 0.5) is 0 Å². The molecule has 2 heteroatoms. The fraction of sp³-hybridized carbons (Fsp3) is 1.00. The van der Waals surface area contributed by atoms with Crippen molar-refractivity contribution < 1.29 is 4.74 Å². The van der Waals surface area contributed by atoms with Crippen LogP contribution in [0.3, 0.4) is 0 Å². The SMILES string of the molecule is CC(C)N1CCC2OC2C1. The van der Waals surface area contributed by atoms with Gasteiger partial charge in [0, 0.05) is 19.1 Å². The molecule has 58 valence electrons. The summed E-state index contributed by atoms with van der Waals surface area (Å²) in [7, 11) is 0. The van der Waals surface area contributed by atoms with Gasteiger partial charge in [-0.15, -0.1) is 0 Å². The lowest BCUT2D eigenvalue weighted by atomic mass is 10.1. The summed E-state index contributed by atoms with van der Waals surface area (Å²) >= 11 is 0. The highest BCUT2D eigenvalue weighted by atomic mass is 16.6. The van der Waals surface area contributed by atoms with Crippen molar-refractivity contribution >= 4 is 0 Å². The van der Waals surface area contributed by atoms with Crippen molar-refractivity contribution in [3.63, 3.8) is 0 Å². The lowest BCUT2D eigenvalue weighted by Crippen LogP contribution is -2.39. The van der Waals surface area contributed by atoms with Crippen molar-refractivity contribution in [2.75, 3.05) is 13.1 Å². The maximum atomic E-state index is 5.42. The fourth-order valence-electron chi connectivity index (χ4n) is 1.68. The molecule has 0 bridgehead atoms. The standard InChI is InChI=1S/C8H15NO/c1-6(2)9-4-3-7-8(5-9)10-7/h6-8H,3-5H2,1-2H3. The highest BCUT2D eigenvalue weighted by Crippen LogP contribution is 2.31. The monoisotopic (exact) mass is 141 g/mol. The van der Waals surface area contributed by atoms with Crippen molar-refractivity contribution in [3.8, 4) is 0 Å². The molecule has 0 spiro atoms. The van der Waals surface area contributed by atoms with Crippen LogP contribution in [-0.2, 0) is 4.74 Å². The summed E-state index contributed by atoms with van der Waals surface area (Å²) in [5.41, 5.74) is 0. The molecule has 0 saturated carbocycles. The van der Waals surface area contributed by atoms with E-state index in [1.54, 1.807) is 0 Å². The quantitative estimate of drug-likeness (QED) is 0.503. The van der Waals surface area contributed by atoms with Crippen LogP contribution < -0.4 is 0 Å². The van der Waals surface area contributed by atoms with Gasteiger partial charge in [0.2, 0.25) is 0 Å². The van der Waals surface area contributed by atoms with E-state index < -0.39 is 0 Å². The summed E-state index contributed by atoms with van der Waals surface area (Å²) in [4.78, 5) is 2.49. The van der Waals surface area contributed by atoms with Gasteiger partial charge >= 0.3 is 0 Å². The maximum Gasteiger partial charge on any atom is 0.0968 e. The Kier molecular flexibility index (Phi) is 1.46. The second-order valence-corrected chi connectivity index (χ2v) is 3.59. The largest absolute Gasteiger partial charge is 0.368 e. The fourth-order valence-corrected chi connectivity index (χ4v) is 1.68.